The zero-order valence-corrected chi connectivity index (χ0v) is 22.7. The largest absolute Gasteiger partial charge is 1.00 e. The topological polar surface area (TPSA) is 127 Å². The van der Waals surface area contributed by atoms with Gasteiger partial charge >= 0.3 is 35.5 Å². The number of aliphatic hydroxyl groups is 3. The predicted octanol–water partition coefficient (Wildman–Crippen LogP) is -1.25. The molecule has 1 unspecified atom stereocenters. The number of carbonyl (C=O) groups excluding carboxylic acids is 2. The molecule has 0 aromatic rings. The Balaban J connectivity index is 0.00000544. The molecular formula is C25H39NaO7. The summed E-state index contributed by atoms with van der Waals surface area (Å²) in [4.78, 5) is 23.5. The number of aliphatic hydroxyl groups excluding tert-OH is 3. The van der Waals surface area contributed by atoms with E-state index in [2.05, 4.69) is 25.2 Å². The maximum Gasteiger partial charge on any atom is 1.00 e. The van der Waals surface area contributed by atoms with Gasteiger partial charge < -0.3 is 30.0 Å². The number of hydrogen-bond donors (Lipinski definition) is 3. The Morgan fingerprint density at radius 2 is 1.94 bits per heavy atom. The summed E-state index contributed by atoms with van der Waals surface area (Å²) < 4.78 is 6.04. The SMILES string of the molecule is CCC(C)(C)C(=O)O[C@H]1CC(CO)C=C2C=C[C@H](C)[C@@H](CC[C@@H](O)C[C@@H](O)CC(=O)[O-])[C@H]21.[Na+]. The van der Waals surface area contributed by atoms with Gasteiger partial charge in [0.25, 0.3) is 0 Å². The molecule has 2 aliphatic carbocycles. The van der Waals surface area contributed by atoms with Gasteiger partial charge in [-0.15, -0.1) is 0 Å². The molecule has 0 aliphatic heterocycles. The van der Waals surface area contributed by atoms with E-state index in [4.69, 9.17) is 4.74 Å². The van der Waals surface area contributed by atoms with Crippen LogP contribution in [-0.4, -0.2) is 52.2 Å². The molecule has 7 nitrogen and oxygen atoms in total. The van der Waals surface area contributed by atoms with E-state index in [0.717, 1.165) is 5.57 Å². The van der Waals surface area contributed by atoms with Gasteiger partial charge in [0.1, 0.15) is 6.10 Å². The fourth-order valence-corrected chi connectivity index (χ4v) is 4.76. The van der Waals surface area contributed by atoms with Crippen molar-refractivity contribution < 1.29 is 64.3 Å². The number of allylic oxidation sites excluding steroid dienone is 2. The first-order chi connectivity index (χ1) is 15.0. The Hall–Kier alpha value is -0.700. The molecular weight excluding hydrogens is 435 g/mol. The quantitative estimate of drug-likeness (QED) is 0.252. The first kappa shape index (κ1) is 30.3. The van der Waals surface area contributed by atoms with Gasteiger partial charge in [-0.2, -0.15) is 0 Å². The summed E-state index contributed by atoms with van der Waals surface area (Å²) in [6.45, 7) is 7.78. The monoisotopic (exact) mass is 474 g/mol. The van der Waals surface area contributed by atoms with Crippen molar-refractivity contribution >= 4 is 11.9 Å². The third-order valence-corrected chi connectivity index (χ3v) is 7.19. The molecule has 0 saturated carbocycles. The van der Waals surface area contributed by atoms with E-state index < -0.39 is 30.0 Å². The van der Waals surface area contributed by atoms with E-state index in [1.165, 1.54) is 0 Å². The van der Waals surface area contributed by atoms with Crippen LogP contribution in [0.3, 0.4) is 0 Å². The van der Waals surface area contributed by atoms with Crippen LogP contribution in [0.2, 0.25) is 0 Å². The zero-order valence-electron chi connectivity index (χ0n) is 20.7. The van der Waals surface area contributed by atoms with Crippen LogP contribution in [0, 0.1) is 29.1 Å². The predicted molar refractivity (Wildman–Crippen MR) is 118 cm³/mol. The van der Waals surface area contributed by atoms with Gasteiger partial charge in [0, 0.05) is 30.8 Å². The maximum absolute atomic E-state index is 12.9. The van der Waals surface area contributed by atoms with E-state index in [0.29, 0.717) is 25.7 Å². The summed E-state index contributed by atoms with van der Waals surface area (Å²) in [5.74, 6) is -1.38. The molecule has 33 heavy (non-hydrogen) atoms. The number of carbonyl (C=O) groups is 2. The van der Waals surface area contributed by atoms with Gasteiger partial charge in [-0.05, 0) is 63.4 Å². The van der Waals surface area contributed by atoms with Gasteiger partial charge in [0.2, 0.25) is 0 Å². The normalized spacial score (nSPS) is 28.7. The molecule has 8 heteroatoms. The van der Waals surface area contributed by atoms with E-state index in [1.807, 2.05) is 20.8 Å². The first-order valence-corrected chi connectivity index (χ1v) is 11.8. The molecule has 0 bridgehead atoms. The molecule has 0 saturated heterocycles. The standard InChI is InChI=1S/C25H40O7.Na/c1-5-25(3,4)24(31)32-21-11-16(14-26)10-17-7-6-15(2)20(23(17)21)9-8-18(27)12-19(28)13-22(29)30;/h6-7,10,15-16,18-21,23,26-28H,5,8-9,11-14H2,1-4H3,(H,29,30);/q;+1/p-1/t15-,16?,18+,19+,20+,21-,23-;/m0./s1. The Morgan fingerprint density at radius 1 is 1.27 bits per heavy atom. The minimum Gasteiger partial charge on any atom is -0.550 e. The molecule has 0 aromatic carbocycles. The summed E-state index contributed by atoms with van der Waals surface area (Å²) in [5.41, 5.74) is 0.462. The average molecular weight is 475 g/mol. The Morgan fingerprint density at radius 3 is 2.52 bits per heavy atom. The molecule has 2 rings (SSSR count). The van der Waals surface area contributed by atoms with E-state index >= 15 is 0 Å². The van der Waals surface area contributed by atoms with Gasteiger partial charge in [-0.3, -0.25) is 4.79 Å². The van der Waals surface area contributed by atoms with Crippen molar-refractivity contribution in [3.63, 3.8) is 0 Å². The van der Waals surface area contributed by atoms with Crippen LogP contribution < -0.4 is 34.7 Å². The summed E-state index contributed by atoms with van der Waals surface area (Å²) in [7, 11) is 0. The van der Waals surface area contributed by atoms with Gasteiger partial charge in [-0.1, -0.05) is 32.1 Å². The fourth-order valence-electron chi connectivity index (χ4n) is 4.76. The first-order valence-electron chi connectivity index (χ1n) is 11.8. The van der Waals surface area contributed by atoms with Crippen LogP contribution in [0.25, 0.3) is 0 Å². The van der Waals surface area contributed by atoms with Crippen molar-refractivity contribution in [3.05, 3.63) is 23.8 Å². The second-order valence-corrected chi connectivity index (χ2v) is 10.1. The molecule has 0 fully saturated rings. The smallest absolute Gasteiger partial charge is 0.550 e. The summed E-state index contributed by atoms with van der Waals surface area (Å²) >= 11 is 0. The van der Waals surface area contributed by atoms with Crippen molar-refractivity contribution in [1.82, 2.24) is 0 Å². The van der Waals surface area contributed by atoms with Crippen molar-refractivity contribution in [1.29, 1.82) is 0 Å². The Kier molecular flexibility index (Phi) is 12.3. The van der Waals surface area contributed by atoms with Gasteiger partial charge in [0.15, 0.2) is 0 Å². The van der Waals surface area contributed by atoms with E-state index in [1.54, 1.807) is 0 Å². The van der Waals surface area contributed by atoms with Gasteiger partial charge in [0.05, 0.1) is 17.6 Å². The van der Waals surface area contributed by atoms with Crippen molar-refractivity contribution in [2.45, 2.75) is 84.5 Å². The number of esters is 1. The molecule has 7 atom stereocenters. The number of ether oxygens (including phenoxy) is 1. The van der Waals surface area contributed by atoms with Gasteiger partial charge in [-0.25, -0.2) is 0 Å². The second-order valence-electron chi connectivity index (χ2n) is 10.1. The molecule has 0 amide bonds. The van der Waals surface area contributed by atoms with Crippen LogP contribution in [0.1, 0.15) is 66.2 Å². The zero-order chi connectivity index (χ0) is 24.1. The van der Waals surface area contributed by atoms with Crippen molar-refractivity contribution in [3.8, 4) is 0 Å². The molecule has 182 valence electrons. The second kappa shape index (κ2) is 13.4. The summed E-state index contributed by atoms with van der Waals surface area (Å²) in [6, 6.07) is 0. The third-order valence-electron chi connectivity index (χ3n) is 7.19. The van der Waals surface area contributed by atoms with E-state index in [9.17, 15) is 30.0 Å². The van der Waals surface area contributed by atoms with Crippen LogP contribution in [-0.2, 0) is 14.3 Å². The number of fused-ring (bicyclic) bond motifs is 1. The van der Waals surface area contributed by atoms with Crippen LogP contribution in [0.15, 0.2) is 23.8 Å². The number of rotatable bonds is 11. The Labute approximate surface area is 219 Å². The maximum atomic E-state index is 12.9. The van der Waals surface area contributed by atoms with Crippen molar-refractivity contribution in [2.75, 3.05) is 6.61 Å². The third kappa shape index (κ3) is 8.48. The Bertz CT molecular complexity index is 718. The molecule has 0 radical (unpaired) electrons. The number of aliphatic carboxylic acids is 1. The van der Waals surface area contributed by atoms with Crippen LogP contribution >= 0.6 is 0 Å². The minimum absolute atomic E-state index is 0. The molecule has 2 aliphatic rings. The molecule has 3 N–H and O–H groups in total. The fraction of sp³-hybridized carbons (Fsp3) is 0.760. The average Bonchev–Trinajstić information content (AvgIpc) is 2.72. The van der Waals surface area contributed by atoms with Crippen LogP contribution in [0.5, 0.6) is 0 Å². The number of hydrogen-bond acceptors (Lipinski definition) is 7. The van der Waals surface area contributed by atoms with Crippen LogP contribution in [0.4, 0.5) is 0 Å². The molecule has 0 spiro atoms. The minimum atomic E-state index is -1.34. The molecule has 0 heterocycles. The van der Waals surface area contributed by atoms with E-state index in [-0.39, 0.29) is 78.3 Å². The number of carboxylic acid groups (broad SMARTS) is 1. The molecule has 0 aromatic heterocycles. The summed E-state index contributed by atoms with van der Waals surface area (Å²) in [5, 5.41) is 40.5. The summed E-state index contributed by atoms with van der Waals surface area (Å²) in [6.07, 6.45) is 5.65. The van der Waals surface area contributed by atoms with Crippen molar-refractivity contribution in [2.24, 2.45) is 29.1 Å². The number of carboxylic acids is 1.